The number of carbonyl (C=O) groups excluding carboxylic acids is 3. The zero-order valence-corrected chi connectivity index (χ0v) is 29.0. The highest BCUT2D eigenvalue weighted by molar-refractivity contribution is 6.24. The minimum atomic E-state index is -1.31. The van der Waals surface area contributed by atoms with Crippen molar-refractivity contribution >= 4 is 29.2 Å². The van der Waals surface area contributed by atoms with Crippen molar-refractivity contribution in [3.63, 3.8) is 0 Å². The summed E-state index contributed by atoms with van der Waals surface area (Å²) in [6.07, 6.45) is 6.87. The summed E-state index contributed by atoms with van der Waals surface area (Å²) in [6.45, 7) is 6.61. The molecular weight excluding hydrogens is 613 g/mol. The van der Waals surface area contributed by atoms with E-state index in [2.05, 4.69) is 20.4 Å². The number of nitrogens with one attached hydrogen (secondary N) is 2. The minimum absolute atomic E-state index is 0.0385. The molecule has 2 N–H and O–H groups in total. The summed E-state index contributed by atoms with van der Waals surface area (Å²) >= 11 is 0. The van der Waals surface area contributed by atoms with Crippen LogP contribution in [0.2, 0.25) is 0 Å². The lowest BCUT2D eigenvalue weighted by Crippen LogP contribution is -2.74. The number of morpholine rings is 1. The monoisotopic (exact) mass is 665 g/mol. The number of nitrogens with zero attached hydrogens (tertiary/aromatic N) is 3. The quantitative estimate of drug-likeness (QED) is 0.429. The number of likely N-dealkylation sites (tertiary alicyclic amines) is 1. The molecule has 0 radical (unpaired) electrons. The predicted molar refractivity (Wildman–Crippen MR) is 181 cm³/mol. The van der Waals surface area contributed by atoms with Crippen molar-refractivity contribution < 1.29 is 28.2 Å². The van der Waals surface area contributed by atoms with Crippen LogP contribution in [-0.2, 0) is 19.1 Å². The molecule has 48 heavy (non-hydrogen) atoms. The number of fused-ring (bicyclic) bond motifs is 4. The van der Waals surface area contributed by atoms with E-state index in [0.29, 0.717) is 37.0 Å². The van der Waals surface area contributed by atoms with Crippen molar-refractivity contribution in [3.05, 3.63) is 36.0 Å². The van der Waals surface area contributed by atoms with Crippen LogP contribution >= 0.6 is 0 Å². The number of Topliss-reactive ketones (excluding diaryl/α,β-unsaturated/α-hetero) is 1. The normalized spacial score (nSPS) is 36.2. The van der Waals surface area contributed by atoms with Gasteiger partial charge in [-0.2, -0.15) is 0 Å². The molecule has 0 bridgehead atoms. The molecule has 1 aromatic rings. The van der Waals surface area contributed by atoms with Gasteiger partial charge in [0.05, 0.1) is 35.9 Å². The fourth-order valence-electron chi connectivity index (χ4n) is 9.63. The second-order valence-electron chi connectivity index (χ2n) is 16.1. The molecule has 1 aromatic carbocycles. The van der Waals surface area contributed by atoms with E-state index in [1.807, 2.05) is 64.0 Å². The number of alkyl carbamates (subject to hydrolysis) is 1. The number of alkyl halides is 1. The summed E-state index contributed by atoms with van der Waals surface area (Å²) in [7, 11) is 3.91. The van der Waals surface area contributed by atoms with Crippen LogP contribution in [0.4, 0.5) is 20.6 Å². The number of hydrogen-bond donors (Lipinski definition) is 2. The summed E-state index contributed by atoms with van der Waals surface area (Å²) in [5.74, 6) is -0.449. The Morgan fingerprint density at radius 3 is 2.48 bits per heavy atom. The highest BCUT2D eigenvalue weighted by atomic mass is 19.1. The lowest BCUT2D eigenvalue weighted by molar-refractivity contribution is -0.231. The van der Waals surface area contributed by atoms with Crippen molar-refractivity contribution in [1.29, 1.82) is 0 Å². The molecule has 3 saturated carbocycles. The van der Waals surface area contributed by atoms with Crippen LogP contribution in [0.25, 0.3) is 0 Å². The Balaban J connectivity index is 1.17. The molecule has 0 spiro atoms. The number of carbonyl (C=O) groups is 3. The van der Waals surface area contributed by atoms with E-state index in [0.717, 1.165) is 24.9 Å². The molecule has 262 valence electrons. The minimum Gasteiger partial charge on any atom is -0.444 e. The number of rotatable bonds is 5. The average molecular weight is 666 g/mol. The fourth-order valence-corrected chi connectivity index (χ4v) is 9.63. The largest absolute Gasteiger partial charge is 0.444 e. The third-order valence-corrected chi connectivity index (χ3v) is 11.7. The first kappa shape index (κ1) is 33.3. The van der Waals surface area contributed by atoms with E-state index in [1.165, 1.54) is 19.3 Å². The maximum atomic E-state index is 16.7. The average Bonchev–Trinajstić information content (AvgIpc) is 3.48. The van der Waals surface area contributed by atoms with E-state index in [9.17, 15) is 14.4 Å². The molecule has 6 aliphatic rings. The van der Waals surface area contributed by atoms with Crippen molar-refractivity contribution in [2.45, 2.75) is 120 Å². The van der Waals surface area contributed by atoms with Gasteiger partial charge in [0.1, 0.15) is 11.8 Å². The Kier molecular flexibility index (Phi) is 8.98. The maximum Gasteiger partial charge on any atom is 0.407 e. The summed E-state index contributed by atoms with van der Waals surface area (Å²) in [6, 6.07) is 6.50. The third-order valence-electron chi connectivity index (χ3n) is 11.7. The number of halogens is 1. The number of amides is 2. The molecule has 11 heteroatoms. The van der Waals surface area contributed by atoms with Gasteiger partial charge in [0, 0.05) is 56.7 Å². The summed E-state index contributed by atoms with van der Waals surface area (Å²) < 4.78 is 29.3. The van der Waals surface area contributed by atoms with Crippen LogP contribution in [0.5, 0.6) is 0 Å². The molecule has 2 saturated heterocycles. The highest BCUT2D eigenvalue weighted by Crippen LogP contribution is 2.51. The Morgan fingerprint density at radius 1 is 1.00 bits per heavy atom. The zero-order chi connectivity index (χ0) is 33.9. The van der Waals surface area contributed by atoms with Gasteiger partial charge in [0.2, 0.25) is 0 Å². The molecule has 9 unspecified atom stereocenters. The van der Waals surface area contributed by atoms with Crippen molar-refractivity contribution in [1.82, 2.24) is 15.1 Å². The first-order valence-electron chi connectivity index (χ1n) is 18.0. The summed E-state index contributed by atoms with van der Waals surface area (Å²) in [4.78, 5) is 46.9. The Labute approximate surface area is 283 Å². The topological polar surface area (TPSA) is 103 Å². The maximum absolute atomic E-state index is 16.7. The van der Waals surface area contributed by atoms with Crippen LogP contribution in [-0.4, -0.2) is 103 Å². The molecule has 3 heterocycles. The standard InChI is InChI=1S/C37H52FN5O5/c1-37(2,3)48-36(46)40-23-16-17-42(19-23)31-28(38)18-26-30-34(31)47-33-25-9-7-6-8-21(25)10-15-29(33)43(30)20-27(32(26)44)35(45)39-22-11-13-24(14-12-22)41(4)5/h11-14,20-21,23,25-26,28-31,33-34H,6-10,15-19H2,1-5H3,(H,39,45)(H,40,46)/t21?,23-,25?,26?,28?,29?,30?,31?,33?,34?/m1/s1. The first-order valence-corrected chi connectivity index (χ1v) is 18.0. The molecule has 2 amide bonds. The number of ketones is 1. The van der Waals surface area contributed by atoms with Crippen LogP contribution in [0.15, 0.2) is 36.0 Å². The Morgan fingerprint density at radius 2 is 1.75 bits per heavy atom. The smallest absolute Gasteiger partial charge is 0.407 e. The van der Waals surface area contributed by atoms with Gasteiger partial charge in [-0.15, -0.1) is 0 Å². The Bertz CT molecular complexity index is 1430. The SMILES string of the molecule is CN(C)c1ccc(NC(=O)C2=CN3C4CCC5CCCCC5C4OC4C(N5CC[C@@H](NC(=O)OC(C)(C)C)C5)C(F)CC(C2=O)C43)cc1. The molecular formula is C37H52FN5O5. The van der Waals surface area contributed by atoms with Crippen LogP contribution in [0.1, 0.15) is 72.1 Å². The number of ether oxygens (including phenoxy) is 2. The van der Waals surface area contributed by atoms with Gasteiger partial charge < -0.3 is 29.9 Å². The third kappa shape index (κ3) is 6.32. The van der Waals surface area contributed by atoms with Gasteiger partial charge in [-0.1, -0.05) is 19.3 Å². The predicted octanol–water partition coefficient (Wildman–Crippen LogP) is 4.89. The molecule has 10 atom stereocenters. The molecule has 10 nitrogen and oxygen atoms in total. The lowest BCUT2D eigenvalue weighted by Gasteiger charge is -2.62. The van der Waals surface area contributed by atoms with Gasteiger partial charge in [-0.25, -0.2) is 9.18 Å². The van der Waals surface area contributed by atoms with Gasteiger partial charge in [0.15, 0.2) is 5.78 Å². The van der Waals surface area contributed by atoms with E-state index in [1.54, 1.807) is 6.20 Å². The highest BCUT2D eigenvalue weighted by Gasteiger charge is 2.61. The summed E-state index contributed by atoms with van der Waals surface area (Å²) in [5.41, 5.74) is 1.11. The molecule has 7 rings (SSSR count). The van der Waals surface area contributed by atoms with Gasteiger partial charge in [-0.3, -0.25) is 14.5 Å². The number of anilines is 2. The Hall–Kier alpha value is -3.18. The van der Waals surface area contributed by atoms with Gasteiger partial charge in [0.25, 0.3) is 5.91 Å². The second kappa shape index (κ2) is 12.9. The van der Waals surface area contributed by atoms with E-state index >= 15 is 4.39 Å². The van der Waals surface area contributed by atoms with Crippen molar-refractivity contribution in [3.8, 4) is 0 Å². The number of hydrogen-bond acceptors (Lipinski definition) is 8. The summed E-state index contributed by atoms with van der Waals surface area (Å²) in [5, 5.41) is 5.92. The molecule has 0 aromatic heterocycles. The van der Waals surface area contributed by atoms with Crippen LogP contribution in [0.3, 0.4) is 0 Å². The van der Waals surface area contributed by atoms with Gasteiger partial charge in [-0.05, 0) is 89.0 Å². The lowest BCUT2D eigenvalue weighted by atomic mass is 9.64. The molecule has 3 aliphatic carbocycles. The van der Waals surface area contributed by atoms with E-state index in [-0.39, 0.29) is 42.0 Å². The zero-order valence-electron chi connectivity index (χ0n) is 29.0. The molecule has 5 fully saturated rings. The van der Waals surface area contributed by atoms with E-state index in [4.69, 9.17) is 9.47 Å². The second-order valence-corrected chi connectivity index (χ2v) is 16.1. The van der Waals surface area contributed by atoms with Crippen molar-refractivity contribution in [2.75, 3.05) is 37.4 Å². The fraction of sp³-hybridized carbons (Fsp3) is 0.703. The number of benzene rings is 1. The van der Waals surface area contributed by atoms with E-state index < -0.39 is 41.8 Å². The van der Waals surface area contributed by atoms with Gasteiger partial charge >= 0.3 is 6.09 Å². The van der Waals surface area contributed by atoms with Crippen LogP contribution < -0.4 is 15.5 Å². The van der Waals surface area contributed by atoms with Crippen molar-refractivity contribution in [2.24, 2.45) is 17.8 Å². The molecule has 3 aliphatic heterocycles. The van der Waals surface area contributed by atoms with Crippen LogP contribution in [0, 0.1) is 17.8 Å². The first-order chi connectivity index (χ1) is 22.9.